The third-order valence-electron chi connectivity index (χ3n) is 4.79. The van der Waals surface area contributed by atoms with Gasteiger partial charge in [-0.15, -0.1) is 0 Å². The molecule has 1 heterocycles. The minimum absolute atomic E-state index is 0.597. The fourth-order valence-corrected chi connectivity index (χ4v) is 3.39. The number of ether oxygens (including phenoxy) is 1. The first-order valence-electron chi connectivity index (χ1n) is 9.10. The van der Waals surface area contributed by atoms with E-state index in [1.54, 1.807) is 7.11 Å². The molecule has 4 heteroatoms. The van der Waals surface area contributed by atoms with Crippen LogP contribution in [0.4, 0.5) is 11.4 Å². The van der Waals surface area contributed by atoms with Crippen molar-refractivity contribution in [1.82, 2.24) is 4.98 Å². The van der Waals surface area contributed by atoms with Gasteiger partial charge in [-0.1, -0.05) is 42.5 Å². The average Bonchev–Trinajstić information content (AvgIpc) is 3.19. The minimum atomic E-state index is 0.597. The van der Waals surface area contributed by atoms with Crippen molar-refractivity contribution in [3.8, 4) is 17.2 Å². The van der Waals surface area contributed by atoms with Crippen LogP contribution in [-0.2, 0) is 0 Å². The molecular formula is C24H18N2O2. The molecule has 0 radical (unpaired) electrons. The van der Waals surface area contributed by atoms with Crippen LogP contribution in [0, 0.1) is 0 Å². The summed E-state index contributed by atoms with van der Waals surface area (Å²) < 4.78 is 11.4. The lowest BCUT2D eigenvalue weighted by Crippen LogP contribution is -1.91. The number of para-hydroxylation sites is 1. The van der Waals surface area contributed by atoms with E-state index < -0.39 is 0 Å². The lowest BCUT2D eigenvalue weighted by atomic mass is 10.1. The zero-order chi connectivity index (χ0) is 18.9. The molecular weight excluding hydrogens is 348 g/mol. The molecule has 0 aliphatic rings. The Kier molecular flexibility index (Phi) is 3.95. The topological polar surface area (TPSA) is 47.3 Å². The molecule has 0 bridgehead atoms. The van der Waals surface area contributed by atoms with E-state index >= 15 is 0 Å². The van der Waals surface area contributed by atoms with E-state index in [1.165, 1.54) is 0 Å². The van der Waals surface area contributed by atoms with Crippen molar-refractivity contribution >= 4 is 33.2 Å². The monoisotopic (exact) mass is 366 g/mol. The lowest BCUT2D eigenvalue weighted by molar-refractivity contribution is 0.415. The van der Waals surface area contributed by atoms with Gasteiger partial charge in [0.15, 0.2) is 5.58 Å². The molecule has 1 aromatic heterocycles. The molecule has 4 aromatic carbocycles. The second-order valence-electron chi connectivity index (χ2n) is 6.55. The Morgan fingerprint density at radius 3 is 2.29 bits per heavy atom. The summed E-state index contributed by atoms with van der Waals surface area (Å²) in [5, 5.41) is 5.66. The van der Waals surface area contributed by atoms with Crippen molar-refractivity contribution in [3.05, 3.63) is 84.9 Å². The van der Waals surface area contributed by atoms with Crippen LogP contribution in [0.3, 0.4) is 0 Å². The molecule has 0 atom stereocenters. The van der Waals surface area contributed by atoms with Crippen molar-refractivity contribution in [2.75, 3.05) is 12.4 Å². The molecule has 5 aromatic rings. The largest absolute Gasteiger partial charge is 0.497 e. The average molecular weight is 366 g/mol. The van der Waals surface area contributed by atoms with Gasteiger partial charge in [-0.25, -0.2) is 4.98 Å². The predicted molar refractivity (Wildman–Crippen MR) is 113 cm³/mol. The predicted octanol–water partition coefficient (Wildman–Crippen LogP) is 6.40. The molecule has 0 spiro atoms. The first-order chi connectivity index (χ1) is 13.8. The number of fused-ring (bicyclic) bond motifs is 3. The Bertz CT molecular complexity index is 1260. The van der Waals surface area contributed by atoms with Gasteiger partial charge in [0.1, 0.15) is 11.3 Å². The maximum absolute atomic E-state index is 6.12. The number of nitrogens with one attached hydrogen (secondary N) is 1. The summed E-state index contributed by atoms with van der Waals surface area (Å²) in [6, 6.07) is 28.1. The van der Waals surface area contributed by atoms with Gasteiger partial charge >= 0.3 is 0 Å². The van der Waals surface area contributed by atoms with E-state index in [0.29, 0.717) is 5.89 Å². The van der Waals surface area contributed by atoms with Gasteiger partial charge in [-0.2, -0.15) is 0 Å². The molecule has 0 saturated carbocycles. The Morgan fingerprint density at radius 2 is 1.54 bits per heavy atom. The second kappa shape index (κ2) is 6.74. The highest BCUT2D eigenvalue weighted by Gasteiger charge is 2.14. The van der Waals surface area contributed by atoms with Crippen molar-refractivity contribution in [2.45, 2.75) is 0 Å². The Balaban J connectivity index is 1.67. The van der Waals surface area contributed by atoms with E-state index in [0.717, 1.165) is 44.6 Å². The summed E-state index contributed by atoms with van der Waals surface area (Å²) in [5.41, 5.74) is 4.55. The summed E-state index contributed by atoms with van der Waals surface area (Å²) >= 11 is 0. The maximum Gasteiger partial charge on any atom is 0.227 e. The van der Waals surface area contributed by atoms with Gasteiger partial charge in [0, 0.05) is 28.1 Å². The zero-order valence-electron chi connectivity index (χ0n) is 15.3. The highest BCUT2D eigenvalue weighted by atomic mass is 16.5. The van der Waals surface area contributed by atoms with Gasteiger partial charge in [0.05, 0.1) is 12.8 Å². The number of benzene rings is 4. The number of rotatable bonds is 4. The normalized spacial score (nSPS) is 11.0. The third-order valence-corrected chi connectivity index (χ3v) is 4.79. The number of anilines is 2. The van der Waals surface area contributed by atoms with Crippen molar-refractivity contribution in [3.63, 3.8) is 0 Å². The summed E-state index contributed by atoms with van der Waals surface area (Å²) in [5.74, 6) is 1.40. The number of aromatic nitrogens is 1. The van der Waals surface area contributed by atoms with Crippen molar-refractivity contribution in [1.29, 1.82) is 0 Å². The van der Waals surface area contributed by atoms with Crippen molar-refractivity contribution < 1.29 is 9.15 Å². The van der Waals surface area contributed by atoms with Crippen molar-refractivity contribution in [2.24, 2.45) is 0 Å². The molecule has 28 heavy (non-hydrogen) atoms. The summed E-state index contributed by atoms with van der Waals surface area (Å²) in [4.78, 5) is 4.78. The Morgan fingerprint density at radius 1 is 0.821 bits per heavy atom. The van der Waals surface area contributed by atoms with Gasteiger partial charge in [0.25, 0.3) is 0 Å². The maximum atomic E-state index is 6.12. The number of nitrogens with zero attached hydrogens (tertiary/aromatic N) is 1. The fraction of sp³-hybridized carbons (Fsp3) is 0.0417. The van der Waals surface area contributed by atoms with Crippen LogP contribution in [0.1, 0.15) is 0 Å². The molecule has 0 unspecified atom stereocenters. The Labute approximate surface area is 162 Å². The number of hydrogen-bond donors (Lipinski definition) is 1. The first kappa shape index (κ1) is 16.4. The molecule has 0 saturated heterocycles. The first-order valence-corrected chi connectivity index (χ1v) is 9.10. The highest BCUT2D eigenvalue weighted by molar-refractivity contribution is 6.10. The van der Waals surface area contributed by atoms with Crippen LogP contribution in [0.5, 0.6) is 5.75 Å². The molecule has 0 fully saturated rings. The van der Waals surface area contributed by atoms with Gasteiger partial charge in [-0.3, -0.25) is 0 Å². The molecule has 5 rings (SSSR count). The van der Waals surface area contributed by atoms with E-state index in [1.807, 2.05) is 72.8 Å². The highest BCUT2D eigenvalue weighted by Crippen LogP contribution is 2.35. The van der Waals surface area contributed by atoms with E-state index in [-0.39, 0.29) is 0 Å². The van der Waals surface area contributed by atoms with Crippen LogP contribution >= 0.6 is 0 Å². The standard InChI is InChI=1S/C24H18N2O2/c1-27-18-13-11-16(12-14-18)24-26-23-20-10-6-5-9-19(20)21(15-22(23)28-24)25-17-7-3-2-4-8-17/h2-15,25H,1H3. The summed E-state index contributed by atoms with van der Waals surface area (Å²) in [6.07, 6.45) is 0. The second-order valence-corrected chi connectivity index (χ2v) is 6.55. The molecule has 0 aliphatic carbocycles. The van der Waals surface area contributed by atoms with Gasteiger partial charge in [0.2, 0.25) is 5.89 Å². The summed E-state index contributed by atoms with van der Waals surface area (Å²) in [7, 11) is 1.65. The minimum Gasteiger partial charge on any atom is -0.497 e. The fourth-order valence-electron chi connectivity index (χ4n) is 3.39. The van der Waals surface area contributed by atoms with Crippen LogP contribution < -0.4 is 10.1 Å². The lowest BCUT2D eigenvalue weighted by Gasteiger charge is -2.10. The van der Waals surface area contributed by atoms with E-state index in [4.69, 9.17) is 14.1 Å². The van der Waals surface area contributed by atoms with Gasteiger partial charge in [-0.05, 0) is 36.4 Å². The quantitative estimate of drug-likeness (QED) is 0.400. The zero-order valence-corrected chi connectivity index (χ0v) is 15.3. The van der Waals surface area contributed by atoms with Crippen LogP contribution in [0.15, 0.2) is 89.3 Å². The number of oxazole rings is 1. The number of hydrogen-bond acceptors (Lipinski definition) is 4. The molecule has 136 valence electrons. The molecule has 0 aliphatic heterocycles. The van der Waals surface area contributed by atoms with E-state index in [9.17, 15) is 0 Å². The number of methoxy groups -OCH3 is 1. The molecule has 0 amide bonds. The Hall–Kier alpha value is -3.79. The van der Waals surface area contributed by atoms with Crippen LogP contribution in [0.2, 0.25) is 0 Å². The smallest absolute Gasteiger partial charge is 0.227 e. The molecule has 1 N–H and O–H groups in total. The van der Waals surface area contributed by atoms with Crippen LogP contribution in [0.25, 0.3) is 33.3 Å². The summed E-state index contributed by atoms with van der Waals surface area (Å²) in [6.45, 7) is 0. The van der Waals surface area contributed by atoms with Crippen LogP contribution in [-0.4, -0.2) is 12.1 Å². The molecule has 4 nitrogen and oxygen atoms in total. The van der Waals surface area contributed by atoms with Gasteiger partial charge < -0.3 is 14.5 Å². The van der Waals surface area contributed by atoms with E-state index in [2.05, 4.69) is 17.4 Å². The third kappa shape index (κ3) is 2.85. The SMILES string of the molecule is COc1ccc(-c2nc3c(cc(Nc4ccccc4)c4ccccc43)o2)cc1.